The van der Waals surface area contributed by atoms with Gasteiger partial charge >= 0.3 is 0 Å². The summed E-state index contributed by atoms with van der Waals surface area (Å²) in [5.74, 6) is 0.442. The Labute approximate surface area is 169 Å². The van der Waals surface area contributed by atoms with Crippen LogP contribution in [0.25, 0.3) is 0 Å². The SMILES string of the molecule is COc1ccc(C=NN=C2NC(=O)C(CC(=O)c3ccc(Br)cc3)S2)cc1. The average Bonchev–Trinajstić information content (AvgIpc) is 3.02. The molecular formula is C19H16BrN3O3S. The fourth-order valence-corrected chi connectivity index (χ4v) is 3.53. The minimum Gasteiger partial charge on any atom is -0.497 e. The molecule has 0 spiro atoms. The molecular weight excluding hydrogens is 430 g/mol. The van der Waals surface area contributed by atoms with Crippen LogP contribution in [-0.4, -0.2) is 35.4 Å². The second kappa shape index (κ2) is 8.96. The Morgan fingerprint density at radius 1 is 1.22 bits per heavy atom. The maximum absolute atomic E-state index is 12.3. The quantitative estimate of drug-likeness (QED) is 0.417. The van der Waals surface area contributed by atoms with Crippen LogP contribution in [0.1, 0.15) is 22.3 Å². The Morgan fingerprint density at radius 2 is 1.93 bits per heavy atom. The van der Waals surface area contributed by atoms with Gasteiger partial charge in [0.2, 0.25) is 5.91 Å². The smallest absolute Gasteiger partial charge is 0.240 e. The predicted molar refractivity (Wildman–Crippen MR) is 111 cm³/mol. The third-order valence-electron chi connectivity index (χ3n) is 3.78. The minimum absolute atomic E-state index is 0.0851. The largest absolute Gasteiger partial charge is 0.497 e. The van der Waals surface area contributed by atoms with E-state index in [1.165, 1.54) is 11.8 Å². The number of ether oxygens (including phenoxy) is 1. The highest BCUT2D eigenvalue weighted by Gasteiger charge is 2.32. The number of ketones is 1. The van der Waals surface area contributed by atoms with E-state index in [1.807, 2.05) is 24.3 Å². The lowest BCUT2D eigenvalue weighted by atomic mass is 10.1. The first-order valence-electron chi connectivity index (χ1n) is 8.06. The number of thioether (sulfide) groups is 1. The lowest BCUT2D eigenvalue weighted by Crippen LogP contribution is -2.26. The summed E-state index contributed by atoms with van der Waals surface area (Å²) in [7, 11) is 1.60. The van der Waals surface area contributed by atoms with Crippen molar-refractivity contribution in [3.05, 3.63) is 64.1 Å². The molecule has 1 atom stereocenters. The number of hydrogen-bond acceptors (Lipinski definition) is 6. The maximum Gasteiger partial charge on any atom is 0.240 e. The highest BCUT2D eigenvalue weighted by Crippen LogP contribution is 2.24. The molecule has 3 rings (SSSR count). The van der Waals surface area contributed by atoms with Crippen molar-refractivity contribution in [1.82, 2.24) is 5.32 Å². The summed E-state index contributed by atoms with van der Waals surface area (Å²) in [6.45, 7) is 0. The van der Waals surface area contributed by atoms with Gasteiger partial charge in [-0.05, 0) is 42.0 Å². The number of amidine groups is 1. The Balaban J connectivity index is 1.59. The zero-order valence-corrected chi connectivity index (χ0v) is 16.8. The summed E-state index contributed by atoms with van der Waals surface area (Å²) < 4.78 is 5.99. The minimum atomic E-state index is -0.504. The first-order valence-corrected chi connectivity index (χ1v) is 9.74. The van der Waals surface area contributed by atoms with Gasteiger partial charge in [-0.3, -0.25) is 9.59 Å². The van der Waals surface area contributed by atoms with Crippen molar-refractivity contribution < 1.29 is 14.3 Å². The van der Waals surface area contributed by atoms with Crippen LogP contribution in [-0.2, 0) is 4.79 Å². The molecule has 0 aliphatic carbocycles. The molecule has 138 valence electrons. The number of Topliss-reactive ketones (excluding diaryl/α,β-unsaturated/α-hetero) is 1. The van der Waals surface area contributed by atoms with Gasteiger partial charge in [0, 0.05) is 16.5 Å². The van der Waals surface area contributed by atoms with Gasteiger partial charge in [0.25, 0.3) is 0 Å². The van der Waals surface area contributed by atoms with Crippen LogP contribution >= 0.6 is 27.7 Å². The molecule has 27 heavy (non-hydrogen) atoms. The second-order valence-corrected chi connectivity index (χ2v) is 7.76. The number of nitrogens with one attached hydrogen (secondary N) is 1. The van der Waals surface area contributed by atoms with Crippen molar-refractivity contribution in [2.45, 2.75) is 11.7 Å². The molecule has 0 saturated carbocycles. The zero-order chi connectivity index (χ0) is 19.2. The molecule has 6 nitrogen and oxygen atoms in total. The number of nitrogens with zero attached hydrogens (tertiary/aromatic N) is 2. The second-order valence-electron chi connectivity index (χ2n) is 5.65. The molecule has 8 heteroatoms. The molecule has 1 aliphatic heterocycles. The van der Waals surface area contributed by atoms with E-state index in [4.69, 9.17) is 4.74 Å². The molecule has 1 heterocycles. The van der Waals surface area contributed by atoms with E-state index in [0.29, 0.717) is 10.7 Å². The van der Waals surface area contributed by atoms with E-state index in [2.05, 4.69) is 31.4 Å². The number of benzene rings is 2. The van der Waals surface area contributed by atoms with Crippen molar-refractivity contribution in [3.63, 3.8) is 0 Å². The Hall–Kier alpha value is -2.45. The molecule has 1 aliphatic rings. The first kappa shape index (κ1) is 19.3. The Kier molecular flexibility index (Phi) is 6.41. The normalized spacial score (nSPS) is 18.1. The summed E-state index contributed by atoms with van der Waals surface area (Å²) in [5, 5.41) is 10.6. The monoisotopic (exact) mass is 445 g/mol. The number of halogens is 1. The molecule has 0 bridgehead atoms. The van der Waals surface area contributed by atoms with Crippen LogP contribution in [0.2, 0.25) is 0 Å². The third kappa shape index (κ3) is 5.27. The molecule has 1 unspecified atom stereocenters. The van der Waals surface area contributed by atoms with Gasteiger partial charge < -0.3 is 10.1 Å². The van der Waals surface area contributed by atoms with Gasteiger partial charge in [-0.15, -0.1) is 5.10 Å². The lowest BCUT2D eigenvalue weighted by molar-refractivity contribution is -0.118. The summed E-state index contributed by atoms with van der Waals surface area (Å²) in [6, 6.07) is 14.4. The molecule has 0 radical (unpaired) electrons. The zero-order valence-electron chi connectivity index (χ0n) is 14.4. The summed E-state index contributed by atoms with van der Waals surface area (Å²) >= 11 is 4.54. The summed E-state index contributed by atoms with van der Waals surface area (Å²) in [4.78, 5) is 24.4. The Bertz CT molecular complexity index is 895. The lowest BCUT2D eigenvalue weighted by Gasteiger charge is -2.04. The molecule has 1 amide bonds. The van der Waals surface area contributed by atoms with Crippen molar-refractivity contribution in [2.75, 3.05) is 7.11 Å². The fraction of sp³-hybridized carbons (Fsp3) is 0.158. The number of methoxy groups -OCH3 is 1. The van der Waals surface area contributed by atoms with Gasteiger partial charge in [0.15, 0.2) is 11.0 Å². The van der Waals surface area contributed by atoms with Crippen molar-refractivity contribution in [1.29, 1.82) is 0 Å². The van der Waals surface area contributed by atoms with Crippen LogP contribution in [0.15, 0.2) is 63.2 Å². The number of rotatable bonds is 6. The van der Waals surface area contributed by atoms with E-state index in [-0.39, 0.29) is 18.1 Å². The van der Waals surface area contributed by atoms with Crippen LogP contribution < -0.4 is 10.1 Å². The highest BCUT2D eigenvalue weighted by molar-refractivity contribution is 9.10. The van der Waals surface area contributed by atoms with Crippen LogP contribution in [0.4, 0.5) is 0 Å². The number of carbonyl (C=O) groups is 2. The van der Waals surface area contributed by atoms with E-state index in [1.54, 1.807) is 37.6 Å². The molecule has 2 aromatic carbocycles. The van der Waals surface area contributed by atoms with Crippen LogP contribution in [0, 0.1) is 0 Å². The fourth-order valence-electron chi connectivity index (χ4n) is 2.35. The van der Waals surface area contributed by atoms with E-state index < -0.39 is 5.25 Å². The number of carbonyl (C=O) groups excluding carboxylic acids is 2. The summed E-state index contributed by atoms with van der Waals surface area (Å²) in [6.07, 6.45) is 1.69. The van der Waals surface area contributed by atoms with E-state index in [9.17, 15) is 9.59 Å². The topological polar surface area (TPSA) is 80.1 Å². The molecule has 1 fully saturated rings. The van der Waals surface area contributed by atoms with Crippen molar-refractivity contribution >= 4 is 50.8 Å². The Morgan fingerprint density at radius 3 is 2.59 bits per heavy atom. The summed E-state index contributed by atoms with van der Waals surface area (Å²) in [5.41, 5.74) is 1.44. The number of amides is 1. The van der Waals surface area contributed by atoms with Crippen LogP contribution in [0.3, 0.4) is 0 Å². The van der Waals surface area contributed by atoms with Gasteiger partial charge in [-0.1, -0.05) is 39.8 Å². The highest BCUT2D eigenvalue weighted by atomic mass is 79.9. The van der Waals surface area contributed by atoms with Gasteiger partial charge in [-0.2, -0.15) is 5.10 Å². The molecule has 1 saturated heterocycles. The maximum atomic E-state index is 12.3. The van der Waals surface area contributed by atoms with Gasteiger partial charge in [0.05, 0.1) is 18.6 Å². The van der Waals surface area contributed by atoms with Gasteiger partial charge in [-0.25, -0.2) is 0 Å². The molecule has 1 N–H and O–H groups in total. The molecule has 2 aromatic rings. The van der Waals surface area contributed by atoms with Gasteiger partial charge in [0.1, 0.15) is 5.75 Å². The third-order valence-corrected chi connectivity index (χ3v) is 5.39. The van der Waals surface area contributed by atoms with E-state index in [0.717, 1.165) is 15.8 Å². The molecule has 0 aromatic heterocycles. The van der Waals surface area contributed by atoms with Crippen molar-refractivity contribution in [3.8, 4) is 5.75 Å². The number of hydrogen-bond donors (Lipinski definition) is 1. The predicted octanol–water partition coefficient (Wildman–Crippen LogP) is 3.65. The van der Waals surface area contributed by atoms with Crippen LogP contribution in [0.5, 0.6) is 5.75 Å². The van der Waals surface area contributed by atoms with E-state index >= 15 is 0 Å². The van der Waals surface area contributed by atoms with Crippen molar-refractivity contribution in [2.24, 2.45) is 10.2 Å². The standard InChI is InChI=1S/C19H16BrN3O3S/c1-26-15-8-2-12(3-9-15)11-21-23-19-22-18(25)17(27-19)10-16(24)13-4-6-14(20)7-5-13/h2-9,11,17H,10H2,1H3,(H,22,23,25). The average molecular weight is 446 g/mol. The first-order chi connectivity index (χ1) is 13.0.